The second-order valence-electron chi connectivity index (χ2n) is 8.74. The lowest BCUT2D eigenvalue weighted by atomic mass is 10.00. The highest BCUT2D eigenvalue weighted by Crippen LogP contribution is 2.31. The molecule has 1 amide bonds. The van der Waals surface area contributed by atoms with Crippen LogP contribution >= 0.6 is 23.8 Å². The molecule has 0 aliphatic carbocycles. The number of nitrogens with two attached hydrogens (primary N) is 1. The van der Waals surface area contributed by atoms with E-state index in [-0.39, 0.29) is 22.0 Å². The van der Waals surface area contributed by atoms with Crippen LogP contribution in [0.25, 0.3) is 0 Å². The predicted octanol–water partition coefficient (Wildman–Crippen LogP) is 2.38. The third-order valence-electron chi connectivity index (χ3n) is 6.54. The number of aryl methyl sites for hydroxylation is 1. The van der Waals surface area contributed by atoms with Crippen molar-refractivity contribution in [1.29, 1.82) is 0 Å². The van der Waals surface area contributed by atoms with Gasteiger partial charge in [-0.2, -0.15) is 0 Å². The van der Waals surface area contributed by atoms with Gasteiger partial charge in [0.1, 0.15) is 6.04 Å². The van der Waals surface area contributed by atoms with Gasteiger partial charge in [0, 0.05) is 49.1 Å². The van der Waals surface area contributed by atoms with Crippen molar-refractivity contribution >= 4 is 62.6 Å². The number of rotatable bonds is 5. The van der Waals surface area contributed by atoms with Crippen LogP contribution < -0.4 is 20.3 Å². The van der Waals surface area contributed by atoms with Crippen molar-refractivity contribution in [2.24, 2.45) is 10.7 Å². The molecular weight excluding hydrogens is 520 g/mol. The molecule has 1 fully saturated rings. The van der Waals surface area contributed by atoms with Crippen LogP contribution in [0.5, 0.6) is 0 Å². The fourth-order valence-electron chi connectivity index (χ4n) is 4.68. The molecule has 2 aromatic rings. The van der Waals surface area contributed by atoms with Crippen LogP contribution in [0.3, 0.4) is 0 Å². The molecule has 2 aliphatic heterocycles. The second-order valence-corrected chi connectivity index (χ2v) is 11.2. The van der Waals surface area contributed by atoms with Crippen LogP contribution in [0.1, 0.15) is 18.9 Å². The number of anilines is 2. The molecule has 0 saturated carbocycles. The van der Waals surface area contributed by atoms with Gasteiger partial charge < -0.3 is 20.4 Å². The molecule has 1 atom stereocenters. The smallest absolute Gasteiger partial charge is 0.263 e. The first kappa shape index (κ1) is 26.2. The van der Waals surface area contributed by atoms with E-state index in [4.69, 9.17) is 29.6 Å². The average Bonchev–Trinajstić information content (AvgIpc) is 2.87. The highest BCUT2D eigenvalue weighted by molar-refractivity contribution is 7.91. The number of halogens is 1. The molecule has 192 valence electrons. The number of hydrogen-bond acceptors (Lipinski definition) is 6. The third-order valence-corrected chi connectivity index (χ3v) is 8.46. The van der Waals surface area contributed by atoms with Crippen molar-refractivity contribution in [1.82, 2.24) is 9.62 Å². The molecule has 4 rings (SSSR count). The van der Waals surface area contributed by atoms with Gasteiger partial charge in [-0.3, -0.25) is 9.52 Å². The molecule has 0 unspecified atom stereocenters. The maximum atomic E-state index is 13.3. The van der Waals surface area contributed by atoms with E-state index in [0.717, 1.165) is 42.1 Å². The van der Waals surface area contributed by atoms with Gasteiger partial charge in [0.2, 0.25) is 11.0 Å². The zero-order valence-corrected chi connectivity index (χ0v) is 22.3. The molecule has 9 nitrogen and oxygen atoms in total. The van der Waals surface area contributed by atoms with E-state index in [0.29, 0.717) is 26.2 Å². The number of hydrogen-bond donors (Lipinski definition) is 2. The van der Waals surface area contributed by atoms with E-state index in [1.807, 2.05) is 30.0 Å². The molecule has 2 aliphatic rings. The van der Waals surface area contributed by atoms with Crippen molar-refractivity contribution < 1.29 is 13.2 Å². The largest absolute Gasteiger partial charge is 0.390 e. The first-order valence-corrected chi connectivity index (χ1v) is 14.0. The van der Waals surface area contributed by atoms with E-state index in [1.54, 1.807) is 12.1 Å². The molecular formula is C24H29ClN6O3S2. The Morgan fingerprint density at radius 1 is 1.14 bits per heavy atom. The minimum absolute atomic E-state index is 0.0755. The molecule has 1 saturated heterocycles. The number of fused-ring (bicyclic) bond motifs is 1. The Bertz CT molecular complexity index is 1260. The summed E-state index contributed by atoms with van der Waals surface area (Å²) in [5.74, 6) is 0.112. The lowest BCUT2D eigenvalue weighted by molar-refractivity contribution is -0.132. The fourth-order valence-corrected chi connectivity index (χ4v) is 6.16. The molecule has 0 radical (unpaired) electrons. The lowest BCUT2D eigenvalue weighted by Gasteiger charge is -2.41. The van der Waals surface area contributed by atoms with Crippen molar-refractivity contribution in [3.8, 4) is 0 Å². The summed E-state index contributed by atoms with van der Waals surface area (Å²) in [6, 6.07) is 12.2. The summed E-state index contributed by atoms with van der Waals surface area (Å²) >= 11 is 11.0. The molecule has 0 spiro atoms. The van der Waals surface area contributed by atoms with Crippen LogP contribution in [0.4, 0.5) is 11.4 Å². The minimum atomic E-state index is -3.84. The van der Waals surface area contributed by atoms with Gasteiger partial charge in [0.05, 0.1) is 11.2 Å². The first-order valence-electron chi connectivity index (χ1n) is 11.7. The summed E-state index contributed by atoms with van der Waals surface area (Å²) in [5.41, 5.74) is 8.31. The number of nitrogens with one attached hydrogen (secondary N) is 1. The number of piperazine rings is 1. The Morgan fingerprint density at radius 2 is 1.83 bits per heavy atom. The molecule has 2 aromatic carbocycles. The number of aliphatic imine (C=N–C) groups is 1. The summed E-state index contributed by atoms with van der Waals surface area (Å²) in [4.78, 5) is 23.2. The number of benzene rings is 2. The van der Waals surface area contributed by atoms with E-state index in [9.17, 15) is 13.2 Å². The van der Waals surface area contributed by atoms with Gasteiger partial charge >= 0.3 is 0 Å². The van der Waals surface area contributed by atoms with E-state index in [1.165, 1.54) is 17.7 Å². The topological polar surface area (TPSA) is 111 Å². The quantitative estimate of drug-likeness (QED) is 0.335. The van der Waals surface area contributed by atoms with Gasteiger partial charge in [-0.05, 0) is 80.0 Å². The number of carbonyl (C=O) groups is 1. The maximum Gasteiger partial charge on any atom is 0.263 e. The number of sulfonamides is 1. The molecule has 36 heavy (non-hydrogen) atoms. The van der Waals surface area contributed by atoms with Crippen LogP contribution in [-0.4, -0.2) is 69.4 Å². The zero-order valence-electron chi connectivity index (χ0n) is 19.9. The van der Waals surface area contributed by atoms with E-state index < -0.39 is 10.0 Å². The van der Waals surface area contributed by atoms with Crippen LogP contribution in [0.15, 0.2) is 52.4 Å². The normalized spacial score (nSPS) is 17.1. The Kier molecular flexibility index (Phi) is 8.01. The number of nitrogens with zero attached hydrogens (tertiary/aromatic N) is 4. The SMILES string of the molecule is C[C@H](C(=O)N1CCN(c2ccc(S(=O)(=O)NC(=S)/N=C\N)cc2)CC1)N1CCCc2cc(Cl)ccc21. The number of amides is 1. The Morgan fingerprint density at radius 3 is 2.50 bits per heavy atom. The van der Waals surface area contributed by atoms with E-state index >= 15 is 0 Å². The molecule has 0 bridgehead atoms. The first-order chi connectivity index (χ1) is 17.2. The van der Waals surface area contributed by atoms with Gasteiger partial charge in [-0.1, -0.05) is 11.6 Å². The van der Waals surface area contributed by atoms with Gasteiger partial charge in [-0.15, -0.1) is 0 Å². The monoisotopic (exact) mass is 548 g/mol. The minimum Gasteiger partial charge on any atom is -0.390 e. The third kappa shape index (κ3) is 5.74. The Balaban J connectivity index is 1.36. The summed E-state index contributed by atoms with van der Waals surface area (Å²) in [6.07, 6.45) is 2.89. The standard InChI is InChI=1S/C24H29ClN6O3S2/c1-17(31-10-2-3-18-15-19(25)4-9-22(18)31)23(32)30-13-11-29(12-14-30)20-5-7-21(8-6-20)36(33,34)28-24(35)27-16-26/h4-9,15-17H,2-3,10-14H2,1H3,(H3,26,27,28,35)/t17-/m1/s1. The van der Waals surface area contributed by atoms with Gasteiger partial charge in [0.15, 0.2) is 0 Å². The number of thiocarbonyl (C=S) groups is 1. The molecule has 3 N–H and O–H groups in total. The van der Waals surface area contributed by atoms with Gasteiger partial charge in [-0.25, -0.2) is 13.4 Å². The van der Waals surface area contributed by atoms with Crippen molar-refractivity contribution in [3.63, 3.8) is 0 Å². The Hall–Kier alpha value is -2.89. The van der Waals surface area contributed by atoms with Crippen LogP contribution in [-0.2, 0) is 21.2 Å². The average molecular weight is 549 g/mol. The molecule has 12 heteroatoms. The highest BCUT2D eigenvalue weighted by Gasteiger charge is 2.31. The zero-order chi connectivity index (χ0) is 25.9. The fraction of sp³-hybridized carbons (Fsp3) is 0.375. The summed E-state index contributed by atoms with van der Waals surface area (Å²) in [6.45, 7) is 5.31. The predicted molar refractivity (Wildman–Crippen MR) is 147 cm³/mol. The second kappa shape index (κ2) is 11.0. The van der Waals surface area contributed by atoms with Crippen LogP contribution in [0.2, 0.25) is 5.02 Å². The van der Waals surface area contributed by atoms with Crippen molar-refractivity contribution in [2.75, 3.05) is 42.5 Å². The maximum absolute atomic E-state index is 13.3. The van der Waals surface area contributed by atoms with Crippen LogP contribution in [0, 0.1) is 0 Å². The van der Waals surface area contributed by atoms with E-state index in [2.05, 4.69) is 19.5 Å². The lowest BCUT2D eigenvalue weighted by Crippen LogP contribution is -2.55. The van der Waals surface area contributed by atoms with Crippen molar-refractivity contribution in [2.45, 2.75) is 30.7 Å². The summed E-state index contributed by atoms with van der Waals surface area (Å²) in [5, 5.41) is 0.491. The van der Waals surface area contributed by atoms with Gasteiger partial charge in [0.25, 0.3) is 10.0 Å². The van der Waals surface area contributed by atoms with Crippen molar-refractivity contribution in [3.05, 3.63) is 53.1 Å². The highest BCUT2D eigenvalue weighted by atomic mass is 35.5. The summed E-state index contributed by atoms with van der Waals surface area (Å²) < 4.78 is 27.1. The molecule has 0 aromatic heterocycles. The Labute approximate surface area is 222 Å². The summed E-state index contributed by atoms with van der Waals surface area (Å²) in [7, 11) is -3.84. The molecule has 2 heterocycles. The number of carbonyl (C=O) groups excluding carboxylic acids is 1.